The van der Waals surface area contributed by atoms with Gasteiger partial charge in [0, 0.05) is 37.6 Å². The van der Waals surface area contributed by atoms with Crippen molar-refractivity contribution in [2.24, 2.45) is 5.92 Å². The topological polar surface area (TPSA) is 61.9 Å². The van der Waals surface area contributed by atoms with E-state index in [1.807, 2.05) is 18.2 Å². The number of methoxy groups -OCH3 is 1. The number of esters is 1. The highest BCUT2D eigenvalue weighted by Crippen LogP contribution is 2.40. The van der Waals surface area contributed by atoms with Crippen LogP contribution in [0, 0.1) is 5.92 Å². The van der Waals surface area contributed by atoms with E-state index in [0.717, 1.165) is 63.1 Å². The van der Waals surface area contributed by atoms with Crippen molar-refractivity contribution in [3.05, 3.63) is 49.8 Å². The molecule has 2 aliphatic rings. The molecule has 1 N–H and O–H groups in total. The molecule has 9 heteroatoms. The molecular weight excluding hydrogens is 481 g/mol. The molecule has 6 nitrogen and oxygen atoms in total. The van der Waals surface area contributed by atoms with Crippen molar-refractivity contribution in [1.82, 2.24) is 9.80 Å². The van der Waals surface area contributed by atoms with E-state index in [4.69, 9.17) is 27.9 Å². The van der Waals surface area contributed by atoms with Crippen molar-refractivity contribution < 1.29 is 14.3 Å². The van der Waals surface area contributed by atoms with Gasteiger partial charge in [0.25, 0.3) is 0 Å². The van der Waals surface area contributed by atoms with Crippen LogP contribution in [0.1, 0.15) is 39.7 Å². The third kappa shape index (κ3) is 5.89. The summed E-state index contributed by atoms with van der Waals surface area (Å²) in [6.07, 6.45) is 2.85. The van der Waals surface area contributed by atoms with Crippen LogP contribution >= 0.6 is 34.5 Å². The molecular formula is C24H29Cl2N3O3S. The predicted octanol–water partition coefficient (Wildman–Crippen LogP) is 4.72. The third-order valence-electron chi connectivity index (χ3n) is 6.38. The highest BCUT2D eigenvalue weighted by atomic mass is 35.5. The summed E-state index contributed by atoms with van der Waals surface area (Å²) < 4.78 is 5.02. The van der Waals surface area contributed by atoms with E-state index in [1.54, 1.807) is 0 Å². The monoisotopic (exact) mass is 509 g/mol. The molecule has 4 rings (SSSR count). The fourth-order valence-electron chi connectivity index (χ4n) is 4.53. The number of nitrogens with one attached hydrogen (secondary N) is 1. The maximum Gasteiger partial charge on any atom is 0.341 e. The lowest BCUT2D eigenvalue weighted by atomic mass is 9.88. The minimum absolute atomic E-state index is 0.0928. The number of fused-ring (bicyclic) bond motifs is 1. The Bertz CT molecular complexity index is 1030. The Kier molecular flexibility index (Phi) is 7.97. The van der Waals surface area contributed by atoms with Crippen molar-refractivity contribution in [1.29, 1.82) is 0 Å². The third-order valence-corrected chi connectivity index (χ3v) is 8.29. The first kappa shape index (κ1) is 24.5. The van der Waals surface area contributed by atoms with E-state index in [2.05, 4.69) is 22.0 Å². The lowest BCUT2D eigenvalue weighted by Gasteiger charge is -2.34. The van der Waals surface area contributed by atoms with Crippen molar-refractivity contribution >= 4 is 51.4 Å². The SMILES string of the molecule is COC(=O)c1c(NC(=O)CN2CCN(Cc3ccc(Cl)c(Cl)c3)CC2)sc2c1CCC(C)C2. The first-order valence-corrected chi connectivity index (χ1v) is 12.8. The summed E-state index contributed by atoms with van der Waals surface area (Å²) in [4.78, 5) is 31.0. The van der Waals surface area contributed by atoms with Crippen LogP contribution in [0.4, 0.5) is 5.00 Å². The average Bonchev–Trinajstić information content (AvgIpc) is 3.13. The van der Waals surface area contributed by atoms with Crippen molar-refractivity contribution in [2.75, 3.05) is 45.2 Å². The standard InChI is InChI=1S/C24H29Cl2N3O3S/c1-15-3-5-17-20(11-15)33-23(22(17)24(31)32-2)27-21(30)14-29-9-7-28(8-10-29)13-16-4-6-18(25)19(26)12-16/h4,6,12,15H,3,5,7-11,13-14H2,1-2H3,(H,27,30). The minimum atomic E-state index is -0.367. The highest BCUT2D eigenvalue weighted by molar-refractivity contribution is 7.17. The zero-order valence-corrected chi connectivity index (χ0v) is 21.3. The number of nitrogens with zero attached hydrogens (tertiary/aromatic N) is 2. The molecule has 1 amide bonds. The number of piperazine rings is 1. The van der Waals surface area contributed by atoms with Gasteiger partial charge in [-0.2, -0.15) is 0 Å². The van der Waals surface area contributed by atoms with Crippen molar-refractivity contribution in [3.8, 4) is 0 Å². The quantitative estimate of drug-likeness (QED) is 0.570. The lowest BCUT2D eigenvalue weighted by molar-refractivity contribution is -0.117. The van der Waals surface area contributed by atoms with Gasteiger partial charge in [-0.15, -0.1) is 11.3 Å². The van der Waals surface area contributed by atoms with Crippen molar-refractivity contribution in [3.63, 3.8) is 0 Å². The fourth-order valence-corrected chi connectivity index (χ4v) is 6.26. The maximum absolute atomic E-state index is 12.8. The van der Waals surface area contributed by atoms with Crippen LogP contribution in [-0.4, -0.2) is 61.5 Å². The largest absolute Gasteiger partial charge is 0.465 e. The number of hydrogen-bond acceptors (Lipinski definition) is 6. The molecule has 1 atom stereocenters. The molecule has 2 aromatic rings. The second-order valence-corrected chi connectivity index (χ2v) is 10.8. The van der Waals surface area contributed by atoms with Crippen LogP contribution in [0.15, 0.2) is 18.2 Å². The summed E-state index contributed by atoms with van der Waals surface area (Å²) in [6.45, 7) is 6.67. The van der Waals surface area contributed by atoms with E-state index in [9.17, 15) is 9.59 Å². The van der Waals surface area contributed by atoms with Gasteiger partial charge in [-0.25, -0.2) is 4.79 Å². The summed E-state index contributed by atoms with van der Waals surface area (Å²) in [6, 6.07) is 5.73. The van der Waals surface area contributed by atoms with Crippen LogP contribution in [0.2, 0.25) is 10.0 Å². The first-order valence-electron chi connectivity index (χ1n) is 11.3. The number of carbonyl (C=O) groups is 2. The second-order valence-electron chi connectivity index (χ2n) is 8.90. The lowest BCUT2D eigenvalue weighted by Crippen LogP contribution is -2.48. The average molecular weight is 510 g/mol. The van der Waals surface area contributed by atoms with Gasteiger partial charge in [-0.3, -0.25) is 14.6 Å². The molecule has 0 radical (unpaired) electrons. The predicted molar refractivity (Wildman–Crippen MR) is 134 cm³/mol. The Morgan fingerprint density at radius 2 is 1.88 bits per heavy atom. The summed E-state index contributed by atoms with van der Waals surface area (Å²) in [5.74, 6) is 0.128. The van der Waals surface area contributed by atoms with Gasteiger partial charge in [-0.1, -0.05) is 36.2 Å². The van der Waals surface area contributed by atoms with E-state index in [1.165, 1.54) is 23.3 Å². The van der Waals surface area contributed by atoms with Gasteiger partial charge in [0.05, 0.1) is 29.3 Å². The van der Waals surface area contributed by atoms with Gasteiger partial charge in [0.2, 0.25) is 5.91 Å². The van der Waals surface area contributed by atoms with E-state index in [0.29, 0.717) is 33.1 Å². The van der Waals surface area contributed by atoms with Gasteiger partial charge in [-0.05, 0) is 48.4 Å². The number of carbonyl (C=O) groups excluding carboxylic acids is 2. The molecule has 2 heterocycles. The Hall–Kier alpha value is -1.64. The molecule has 1 fully saturated rings. The molecule has 1 aromatic heterocycles. The molecule has 1 aromatic carbocycles. The van der Waals surface area contributed by atoms with Gasteiger partial charge in [0.1, 0.15) is 5.00 Å². The number of ether oxygens (including phenoxy) is 1. The van der Waals surface area contributed by atoms with Gasteiger partial charge in [0.15, 0.2) is 0 Å². The van der Waals surface area contributed by atoms with Crippen LogP contribution in [-0.2, 0) is 28.9 Å². The zero-order chi connectivity index (χ0) is 23.5. The number of halogens is 2. The molecule has 33 heavy (non-hydrogen) atoms. The number of anilines is 1. The Morgan fingerprint density at radius 3 is 2.58 bits per heavy atom. The van der Waals surface area contributed by atoms with Crippen LogP contribution in [0.3, 0.4) is 0 Å². The number of rotatable bonds is 6. The second kappa shape index (κ2) is 10.7. The zero-order valence-electron chi connectivity index (χ0n) is 19.0. The smallest absolute Gasteiger partial charge is 0.341 e. The molecule has 0 spiro atoms. The number of hydrogen-bond donors (Lipinski definition) is 1. The Balaban J connectivity index is 1.32. The molecule has 0 saturated carbocycles. The summed E-state index contributed by atoms with van der Waals surface area (Å²) >= 11 is 13.7. The molecule has 1 aliphatic carbocycles. The van der Waals surface area contributed by atoms with Crippen LogP contribution in [0.5, 0.6) is 0 Å². The number of amides is 1. The molecule has 0 bridgehead atoms. The molecule has 178 valence electrons. The molecule has 1 aliphatic heterocycles. The Labute approximate surface area is 208 Å². The summed E-state index contributed by atoms with van der Waals surface area (Å²) in [5, 5.41) is 4.77. The van der Waals surface area contributed by atoms with E-state index < -0.39 is 0 Å². The maximum atomic E-state index is 12.8. The first-order chi connectivity index (χ1) is 15.8. The van der Waals surface area contributed by atoms with Crippen molar-refractivity contribution in [2.45, 2.75) is 32.7 Å². The Morgan fingerprint density at radius 1 is 1.15 bits per heavy atom. The van der Waals surface area contributed by atoms with Gasteiger partial charge < -0.3 is 10.1 Å². The normalized spacial score (nSPS) is 19.2. The van der Waals surface area contributed by atoms with Crippen LogP contribution in [0.25, 0.3) is 0 Å². The number of benzene rings is 1. The minimum Gasteiger partial charge on any atom is -0.465 e. The molecule has 1 unspecified atom stereocenters. The highest BCUT2D eigenvalue weighted by Gasteiger charge is 2.29. The van der Waals surface area contributed by atoms with Crippen LogP contribution < -0.4 is 5.32 Å². The molecule has 1 saturated heterocycles. The number of thiophene rings is 1. The van der Waals surface area contributed by atoms with E-state index in [-0.39, 0.29) is 11.9 Å². The van der Waals surface area contributed by atoms with E-state index >= 15 is 0 Å². The fraction of sp³-hybridized carbons (Fsp3) is 0.500. The van der Waals surface area contributed by atoms with Gasteiger partial charge >= 0.3 is 5.97 Å². The summed E-state index contributed by atoms with van der Waals surface area (Å²) in [7, 11) is 1.39. The summed E-state index contributed by atoms with van der Waals surface area (Å²) in [5.41, 5.74) is 2.72.